The zero-order valence-electron chi connectivity index (χ0n) is 20.1. The van der Waals surface area contributed by atoms with Crippen LogP contribution < -0.4 is 10.1 Å². The number of Topliss-reactive ketones (excluding diaryl/α,β-unsaturated/α-hetero) is 1. The predicted molar refractivity (Wildman–Crippen MR) is 135 cm³/mol. The van der Waals surface area contributed by atoms with E-state index in [1.54, 1.807) is 24.1 Å². The fraction of sp³-hybridized carbons (Fsp3) is 0.423. The van der Waals surface area contributed by atoms with Crippen molar-refractivity contribution in [1.29, 1.82) is 0 Å². The Morgan fingerprint density at radius 2 is 1.75 bits per heavy atom. The number of ketones is 1. The van der Waals surface area contributed by atoms with Crippen LogP contribution in [0.2, 0.25) is 10.0 Å². The second-order valence-corrected chi connectivity index (χ2v) is 10.1. The summed E-state index contributed by atoms with van der Waals surface area (Å²) in [6, 6.07) is 10.3. The summed E-state index contributed by atoms with van der Waals surface area (Å²) in [5.74, 6) is -1.16. The Bertz CT molecular complexity index is 1150. The number of benzene rings is 2. The van der Waals surface area contributed by atoms with Gasteiger partial charge >= 0.3 is 6.09 Å². The quantitative estimate of drug-likeness (QED) is 0.609. The van der Waals surface area contributed by atoms with Gasteiger partial charge in [-0.05, 0) is 54.8 Å². The van der Waals surface area contributed by atoms with E-state index in [4.69, 9.17) is 27.9 Å². The Balaban J connectivity index is 1.69. The number of likely N-dealkylation sites (tertiary alicyclic amines) is 1. The highest BCUT2D eigenvalue weighted by molar-refractivity contribution is 6.42. The molecule has 2 heterocycles. The molecule has 2 aromatic carbocycles. The molecule has 2 aromatic rings. The third kappa shape index (κ3) is 5.08. The number of carbonyl (C=O) groups is 3. The lowest BCUT2D eigenvalue weighted by atomic mass is 9.72. The van der Waals surface area contributed by atoms with Crippen LogP contribution in [-0.4, -0.2) is 66.3 Å². The average molecular weight is 536 g/mol. The molecule has 2 aliphatic heterocycles. The molecule has 7 nitrogen and oxygen atoms in total. The molecule has 0 spiro atoms. The minimum atomic E-state index is -1.27. The standard InChI is InChI=1S/C26H28Cl2FN3O4/c1-16(33)32-11-9-17(10-12-32)24(34)26(31(2)25(35)36-20-6-4-19(29)5-7-20)15-30-14-21(26)18-3-8-22(27)23(28)13-18/h3-8,13,17,21,30H,9-12,14-15H2,1-2H3/t21-,26+/m0/s1. The number of nitrogens with zero attached hydrogens (tertiary/aromatic N) is 2. The number of amides is 2. The number of carbonyl (C=O) groups excluding carboxylic acids is 3. The maximum atomic E-state index is 14.3. The lowest BCUT2D eigenvalue weighted by Gasteiger charge is -2.44. The van der Waals surface area contributed by atoms with E-state index in [0.29, 0.717) is 42.5 Å². The minimum absolute atomic E-state index is 0.0215. The van der Waals surface area contributed by atoms with Gasteiger partial charge in [0.1, 0.15) is 17.1 Å². The molecule has 0 bridgehead atoms. The van der Waals surface area contributed by atoms with Crippen molar-refractivity contribution in [2.75, 3.05) is 33.2 Å². The molecule has 0 aromatic heterocycles. The van der Waals surface area contributed by atoms with Crippen LogP contribution in [0.15, 0.2) is 42.5 Å². The predicted octanol–water partition coefficient (Wildman–Crippen LogP) is 4.52. The van der Waals surface area contributed by atoms with Crippen LogP contribution in [0, 0.1) is 11.7 Å². The number of likely N-dealkylation sites (N-methyl/N-ethyl adjacent to an activating group) is 1. The van der Waals surface area contributed by atoms with Crippen molar-refractivity contribution in [3.8, 4) is 5.75 Å². The molecule has 2 fully saturated rings. The van der Waals surface area contributed by atoms with E-state index in [0.717, 1.165) is 5.56 Å². The monoisotopic (exact) mass is 535 g/mol. The molecule has 2 atom stereocenters. The molecule has 1 N–H and O–H groups in total. The van der Waals surface area contributed by atoms with Gasteiger partial charge in [0.15, 0.2) is 5.78 Å². The van der Waals surface area contributed by atoms with Crippen LogP contribution in [0.4, 0.5) is 9.18 Å². The van der Waals surface area contributed by atoms with Crippen molar-refractivity contribution in [2.45, 2.75) is 31.2 Å². The summed E-state index contributed by atoms with van der Waals surface area (Å²) < 4.78 is 18.9. The molecule has 2 saturated heterocycles. The maximum absolute atomic E-state index is 14.3. The summed E-state index contributed by atoms with van der Waals surface area (Å²) in [5.41, 5.74) is -0.498. The minimum Gasteiger partial charge on any atom is -0.410 e. The summed E-state index contributed by atoms with van der Waals surface area (Å²) >= 11 is 12.4. The molecule has 2 aliphatic rings. The lowest BCUT2D eigenvalue weighted by Crippen LogP contribution is -2.62. The second kappa shape index (κ2) is 10.7. The van der Waals surface area contributed by atoms with E-state index >= 15 is 0 Å². The van der Waals surface area contributed by atoms with Gasteiger partial charge in [0.2, 0.25) is 5.91 Å². The van der Waals surface area contributed by atoms with Crippen molar-refractivity contribution >= 4 is 41.0 Å². The molecule has 0 radical (unpaired) electrons. The van der Waals surface area contributed by atoms with Gasteiger partial charge in [0, 0.05) is 52.0 Å². The van der Waals surface area contributed by atoms with E-state index in [1.807, 2.05) is 6.07 Å². The molecular formula is C26H28Cl2FN3O4. The highest BCUT2D eigenvalue weighted by Crippen LogP contribution is 2.42. The molecule has 4 rings (SSSR count). The van der Waals surface area contributed by atoms with E-state index < -0.39 is 23.4 Å². The van der Waals surface area contributed by atoms with Gasteiger partial charge in [-0.3, -0.25) is 14.5 Å². The van der Waals surface area contributed by atoms with Crippen molar-refractivity contribution in [1.82, 2.24) is 15.1 Å². The first-order valence-corrected chi connectivity index (χ1v) is 12.6. The zero-order chi connectivity index (χ0) is 26.0. The SMILES string of the molecule is CC(=O)N1CCC(C(=O)[C@@]2(N(C)C(=O)Oc3ccc(F)cc3)CNC[C@H]2c2ccc(Cl)c(Cl)c2)CC1. The molecule has 10 heteroatoms. The number of rotatable bonds is 5. The van der Waals surface area contributed by atoms with Crippen molar-refractivity contribution in [2.24, 2.45) is 5.92 Å². The van der Waals surface area contributed by atoms with Crippen LogP contribution in [0.3, 0.4) is 0 Å². The van der Waals surface area contributed by atoms with E-state index in [-0.39, 0.29) is 29.9 Å². The largest absolute Gasteiger partial charge is 0.415 e. The molecule has 0 saturated carbocycles. The normalized spacial score (nSPS) is 22.4. The number of nitrogens with one attached hydrogen (secondary N) is 1. The highest BCUT2D eigenvalue weighted by Gasteiger charge is 2.56. The summed E-state index contributed by atoms with van der Waals surface area (Å²) in [4.78, 5) is 42.5. The van der Waals surface area contributed by atoms with E-state index in [2.05, 4.69) is 5.32 Å². The smallest absolute Gasteiger partial charge is 0.410 e. The van der Waals surface area contributed by atoms with Crippen molar-refractivity contribution < 1.29 is 23.5 Å². The molecule has 0 aliphatic carbocycles. The summed E-state index contributed by atoms with van der Waals surface area (Å²) in [6.07, 6.45) is 0.286. The number of halogens is 3. The third-order valence-electron chi connectivity index (χ3n) is 7.29. The first-order valence-electron chi connectivity index (χ1n) is 11.8. The van der Waals surface area contributed by atoms with Crippen molar-refractivity contribution in [3.63, 3.8) is 0 Å². The lowest BCUT2D eigenvalue weighted by molar-refractivity contribution is -0.138. The first kappa shape index (κ1) is 26.4. The molecule has 0 unspecified atom stereocenters. The zero-order valence-corrected chi connectivity index (χ0v) is 21.6. The summed E-state index contributed by atoms with van der Waals surface area (Å²) in [5, 5.41) is 4.04. The third-order valence-corrected chi connectivity index (χ3v) is 8.03. The van der Waals surface area contributed by atoms with E-state index in [9.17, 15) is 18.8 Å². The van der Waals surface area contributed by atoms with Gasteiger partial charge in [-0.25, -0.2) is 9.18 Å². The topological polar surface area (TPSA) is 79.0 Å². The number of ether oxygens (including phenoxy) is 1. The Morgan fingerprint density at radius 3 is 2.36 bits per heavy atom. The Morgan fingerprint density at radius 1 is 1.08 bits per heavy atom. The van der Waals surface area contributed by atoms with Gasteiger partial charge in [0.05, 0.1) is 10.0 Å². The maximum Gasteiger partial charge on any atom is 0.415 e. The first-order chi connectivity index (χ1) is 17.1. The van der Waals surface area contributed by atoms with Gasteiger partial charge in [-0.2, -0.15) is 0 Å². The number of hydrogen-bond donors (Lipinski definition) is 1. The van der Waals surface area contributed by atoms with Crippen LogP contribution >= 0.6 is 23.2 Å². The molecule has 36 heavy (non-hydrogen) atoms. The Hall–Kier alpha value is -2.68. The fourth-order valence-corrected chi connectivity index (χ4v) is 5.55. The van der Waals surface area contributed by atoms with Gasteiger partial charge in [-0.15, -0.1) is 0 Å². The molecule has 192 valence electrons. The van der Waals surface area contributed by atoms with Gasteiger partial charge in [0.25, 0.3) is 0 Å². The molecular weight excluding hydrogens is 508 g/mol. The van der Waals surface area contributed by atoms with E-state index in [1.165, 1.54) is 36.1 Å². The highest BCUT2D eigenvalue weighted by atomic mass is 35.5. The summed E-state index contributed by atoms with van der Waals surface area (Å²) in [6.45, 7) is 3.14. The Labute approximate surface area is 219 Å². The van der Waals surface area contributed by atoms with Crippen LogP contribution in [0.5, 0.6) is 5.75 Å². The fourth-order valence-electron chi connectivity index (χ4n) is 5.24. The van der Waals surface area contributed by atoms with Crippen LogP contribution in [0.25, 0.3) is 0 Å². The summed E-state index contributed by atoms with van der Waals surface area (Å²) in [7, 11) is 1.55. The average Bonchev–Trinajstić information content (AvgIpc) is 3.32. The number of hydrogen-bond acceptors (Lipinski definition) is 5. The Kier molecular flexibility index (Phi) is 7.87. The molecule has 2 amide bonds. The second-order valence-electron chi connectivity index (χ2n) is 9.31. The van der Waals surface area contributed by atoms with Crippen molar-refractivity contribution in [3.05, 3.63) is 63.9 Å². The van der Waals surface area contributed by atoms with Crippen LogP contribution in [-0.2, 0) is 9.59 Å². The number of piperidine rings is 1. The van der Waals surface area contributed by atoms with Gasteiger partial charge < -0.3 is 15.0 Å². The van der Waals surface area contributed by atoms with Crippen LogP contribution in [0.1, 0.15) is 31.2 Å². The van der Waals surface area contributed by atoms with Gasteiger partial charge in [-0.1, -0.05) is 29.3 Å².